The van der Waals surface area contributed by atoms with E-state index in [0.29, 0.717) is 19.3 Å². The Morgan fingerprint density at radius 3 is 2.53 bits per heavy atom. The molecule has 1 atom stereocenters. The van der Waals surface area contributed by atoms with Gasteiger partial charge in [-0.2, -0.15) is 0 Å². The van der Waals surface area contributed by atoms with Gasteiger partial charge in [-0.15, -0.1) is 0 Å². The van der Waals surface area contributed by atoms with Gasteiger partial charge in [-0.1, -0.05) is 12.2 Å². The molecule has 0 aliphatic heterocycles. The minimum Gasteiger partial charge on any atom is -0.438 e. The molecule has 0 N–H and O–H groups in total. The van der Waals surface area contributed by atoms with Gasteiger partial charge in [-0.05, 0) is 49.7 Å². The molecule has 104 valence electrons. The molecule has 0 heterocycles. The highest BCUT2D eigenvalue weighted by molar-refractivity contribution is 6.08. The van der Waals surface area contributed by atoms with Crippen LogP contribution in [0.3, 0.4) is 0 Å². The first-order valence-corrected chi connectivity index (χ1v) is 6.88. The number of carbonyl (C=O) groups is 2. The fourth-order valence-corrected chi connectivity index (χ4v) is 2.56. The molecule has 0 aromatic carbocycles. The second kappa shape index (κ2) is 6.55. The van der Waals surface area contributed by atoms with E-state index in [4.69, 9.17) is 4.74 Å². The Bertz CT molecular complexity index is 420. The number of ether oxygens (including phenoxy) is 2. The standard InChI is InChI=1S/C15H20O4/c1-18-15(17)19-13-9-7-12(8-10-13)14(16)11-5-3-2-4-6-11/h5,7,13H,2-4,6,8-10H2,1H3. The van der Waals surface area contributed by atoms with Gasteiger partial charge in [0.2, 0.25) is 0 Å². The van der Waals surface area contributed by atoms with Gasteiger partial charge < -0.3 is 9.47 Å². The third-order valence-electron chi connectivity index (χ3n) is 3.67. The first-order chi connectivity index (χ1) is 9.20. The second-order valence-electron chi connectivity index (χ2n) is 5.00. The molecular weight excluding hydrogens is 244 g/mol. The predicted octanol–water partition coefficient (Wildman–Crippen LogP) is 3.32. The lowest BCUT2D eigenvalue weighted by molar-refractivity contribution is -0.112. The fraction of sp³-hybridized carbons (Fsp3) is 0.600. The van der Waals surface area contributed by atoms with E-state index in [9.17, 15) is 9.59 Å². The molecule has 0 spiro atoms. The van der Waals surface area contributed by atoms with E-state index >= 15 is 0 Å². The Labute approximate surface area is 113 Å². The van der Waals surface area contributed by atoms with Gasteiger partial charge in [0, 0.05) is 6.42 Å². The van der Waals surface area contributed by atoms with E-state index in [2.05, 4.69) is 10.8 Å². The first kappa shape index (κ1) is 13.8. The van der Waals surface area contributed by atoms with Crippen LogP contribution < -0.4 is 0 Å². The minimum atomic E-state index is -0.650. The van der Waals surface area contributed by atoms with E-state index in [0.717, 1.165) is 30.4 Å². The van der Waals surface area contributed by atoms with Crippen molar-refractivity contribution in [1.82, 2.24) is 0 Å². The predicted molar refractivity (Wildman–Crippen MR) is 70.8 cm³/mol. The lowest BCUT2D eigenvalue weighted by Crippen LogP contribution is -2.22. The van der Waals surface area contributed by atoms with Crippen LogP contribution in [-0.2, 0) is 14.3 Å². The molecule has 0 saturated heterocycles. The highest BCUT2D eigenvalue weighted by Gasteiger charge is 2.23. The van der Waals surface area contributed by atoms with Gasteiger partial charge in [0.05, 0.1) is 7.11 Å². The zero-order chi connectivity index (χ0) is 13.7. The number of methoxy groups -OCH3 is 1. The SMILES string of the molecule is COC(=O)OC1CC=C(C(=O)C2=CCCCC2)CC1. The van der Waals surface area contributed by atoms with Crippen molar-refractivity contribution < 1.29 is 19.1 Å². The van der Waals surface area contributed by atoms with Gasteiger partial charge >= 0.3 is 6.16 Å². The van der Waals surface area contributed by atoms with Crippen LogP contribution in [0.2, 0.25) is 0 Å². The zero-order valence-electron chi connectivity index (χ0n) is 11.3. The van der Waals surface area contributed by atoms with Gasteiger partial charge in [0.25, 0.3) is 0 Å². The molecule has 0 saturated carbocycles. The summed E-state index contributed by atoms with van der Waals surface area (Å²) in [4.78, 5) is 23.3. The van der Waals surface area contributed by atoms with E-state index < -0.39 is 6.16 Å². The zero-order valence-corrected chi connectivity index (χ0v) is 11.3. The van der Waals surface area contributed by atoms with Crippen LogP contribution >= 0.6 is 0 Å². The summed E-state index contributed by atoms with van der Waals surface area (Å²) in [6.45, 7) is 0. The number of allylic oxidation sites excluding steroid dienone is 3. The topological polar surface area (TPSA) is 52.6 Å². The molecule has 0 aromatic heterocycles. The molecule has 0 aromatic rings. The maximum atomic E-state index is 12.3. The fourth-order valence-electron chi connectivity index (χ4n) is 2.56. The van der Waals surface area contributed by atoms with Crippen LogP contribution in [0, 0.1) is 0 Å². The molecule has 0 fully saturated rings. The van der Waals surface area contributed by atoms with Crippen LogP contribution in [0.15, 0.2) is 23.3 Å². The lowest BCUT2D eigenvalue weighted by Gasteiger charge is -2.22. The third-order valence-corrected chi connectivity index (χ3v) is 3.67. The molecule has 2 rings (SSSR count). The van der Waals surface area contributed by atoms with Crippen LogP contribution in [0.25, 0.3) is 0 Å². The third kappa shape index (κ3) is 3.69. The smallest absolute Gasteiger partial charge is 0.438 e. The largest absolute Gasteiger partial charge is 0.508 e. The summed E-state index contributed by atoms with van der Waals surface area (Å²) >= 11 is 0. The van der Waals surface area contributed by atoms with Crippen LogP contribution in [0.5, 0.6) is 0 Å². The van der Waals surface area contributed by atoms with Crippen molar-refractivity contribution in [2.24, 2.45) is 0 Å². The van der Waals surface area contributed by atoms with Gasteiger partial charge in [-0.3, -0.25) is 4.79 Å². The number of Topliss-reactive ketones (excluding diaryl/α,β-unsaturated/α-hetero) is 1. The second-order valence-corrected chi connectivity index (χ2v) is 5.00. The number of hydrogen-bond donors (Lipinski definition) is 0. The number of ketones is 1. The Morgan fingerprint density at radius 1 is 1.16 bits per heavy atom. The summed E-state index contributed by atoms with van der Waals surface area (Å²) in [7, 11) is 1.30. The van der Waals surface area contributed by atoms with Crippen molar-refractivity contribution in [3.8, 4) is 0 Å². The van der Waals surface area contributed by atoms with Crippen LogP contribution in [0.1, 0.15) is 44.9 Å². The quantitative estimate of drug-likeness (QED) is 0.734. The summed E-state index contributed by atoms with van der Waals surface area (Å²) < 4.78 is 9.55. The van der Waals surface area contributed by atoms with Crippen molar-refractivity contribution in [2.75, 3.05) is 7.11 Å². The van der Waals surface area contributed by atoms with E-state index in [1.54, 1.807) is 0 Å². The Balaban J connectivity index is 1.91. The molecule has 2 aliphatic carbocycles. The Kier molecular flexibility index (Phi) is 4.77. The summed E-state index contributed by atoms with van der Waals surface area (Å²) in [5, 5.41) is 0. The van der Waals surface area contributed by atoms with Crippen LogP contribution in [0.4, 0.5) is 4.79 Å². The van der Waals surface area contributed by atoms with Crippen molar-refractivity contribution in [3.05, 3.63) is 23.3 Å². The van der Waals surface area contributed by atoms with E-state index in [1.165, 1.54) is 13.5 Å². The van der Waals surface area contributed by atoms with Gasteiger partial charge in [0.1, 0.15) is 6.10 Å². The molecule has 2 aliphatic rings. The van der Waals surface area contributed by atoms with Crippen molar-refractivity contribution in [1.29, 1.82) is 0 Å². The molecule has 4 heteroatoms. The monoisotopic (exact) mass is 264 g/mol. The molecule has 4 nitrogen and oxygen atoms in total. The number of hydrogen-bond acceptors (Lipinski definition) is 4. The van der Waals surface area contributed by atoms with E-state index in [1.807, 2.05) is 6.08 Å². The molecular formula is C15H20O4. The first-order valence-electron chi connectivity index (χ1n) is 6.88. The van der Waals surface area contributed by atoms with Gasteiger partial charge in [-0.25, -0.2) is 4.79 Å². The maximum absolute atomic E-state index is 12.3. The van der Waals surface area contributed by atoms with Crippen molar-refractivity contribution in [2.45, 2.75) is 51.0 Å². The molecule has 1 unspecified atom stereocenters. The normalized spacial score (nSPS) is 23.1. The molecule has 0 amide bonds. The van der Waals surface area contributed by atoms with E-state index in [-0.39, 0.29) is 11.9 Å². The highest BCUT2D eigenvalue weighted by Crippen LogP contribution is 2.27. The Hall–Kier alpha value is -1.58. The summed E-state index contributed by atoms with van der Waals surface area (Å²) in [5.74, 6) is 0.191. The van der Waals surface area contributed by atoms with Crippen LogP contribution in [-0.4, -0.2) is 25.2 Å². The molecule has 0 bridgehead atoms. The average Bonchev–Trinajstić information content (AvgIpc) is 2.48. The minimum absolute atomic E-state index is 0.163. The lowest BCUT2D eigenvalue weighted by atomic mass is 9.87. The molecule has 19 heavy (non-hydrogen) atoms. The average molecular weight is 264 g/mol. The molecule has 0 radical (unpaired) electrons. The number of rotatable bonds is 3. The maximum Gasteiger partial charge on any atom is 0.508 e. The highest BCUT2D eigenvalue weighted by atomic mass is 16.7. The van der Waals surface area contributed by atoms with Crippen molar-refractivity contribution >= 4 is 11.9 Å². The number of carbonyl (C=O) groups excluding carboxylic acids is 2. The summed E-state index contributed by atoms with van der Waals surface area (Å²) in [6.07, 6.45) is 9.36. The van der Waals surface area contributed by atoms with Crippen molar-refractivity contribution in [3.63, 3.8) is 0 Å². The Morgan fingerprint density at radius 2 is 1.95 bits per heavy atom. The summed E-state index contributed by atoms with van der Waals surface area (Å²) in [5.41, 5.74) is 1.84. The summed E-state index contributed by atoms with van der Waals surface area (Å²) in [6, 6.07) is 0. The van der Waals surface area contributed by atoms with Gasteiger partial charge in [0.15, 0.2) is 5.78 Å².